The Hall–Kier alpha value is -2.69. The van der Waals surface area contributed by atoms with Gasteiger partial charge in [-0.25, -0.2) is 9.37 Å². The molecule has 0 unspecified atom stereocenters. The van der Waals surface area contributed by atoms with Crippen molar-refractivity contribution in [2.45, 2.75) is 32.2 Å². The molecule has 0 aliphatic carbocycles. The Balaban J connectivity index is 1.49. The van der Waals surface area contributed by atoms with Crippen molar-refractivity contribution in [2.24, 2.45) is 0 Å². The van der Waals surface area contributed by atoms with E-state index in [9.17, 15) is 9.18 Å². The van der Waals surface area contributed by atoms with Gasteiger partial charge in [-0.1, -0.05) is 38.1 Å². The number of benzene rings is 2. The van der Waals surface area contributed by atoms with Crippen LogP contribution in [0.15, 0.2) is 48.5 Å². The predicted octanol–water partition coefficient (Wildman–Crippen LogP) is 3.92. The third kappa shape index (κ3) is 2.98. The normalized spacial score (nSPS) is 14.8. The summed E-state index contributed by atoms with van der Waals surface area (Å²) in [6.07, 6.45) is 0.314. The summed E-state index contributed by atoms with van der Waals surface area (Å²) in [5.41, 5.74) is 2.98. The number of imidazole rings is 1. The second-order valence-corrected chi connectivity index (χ2v) is 7.24. The quantitative estimate of drug-likeness (QED) is 0.714. The summed E-state index contributed by atoms with van der Waals surface area (Å²) in [4.78, 5) is 19.1. The maximum Gasteiger partial charge on any atom is 0.227 e. The summed E-state index contributed by atoms with van der Waals surface area (Å²) in [5, 5.41) is 0. The van der Waals surface area contributed by atoms with E-state index in [1.165, 1.54) is 12.1 Å². The molecule has 1 amide bonds. The molecular formula is C21H22FN3O. The number of hydrogen-bond acceptors (Lipinski definition) is 2. The van der Waals surface area contributed by atoms with Crippen LogP contribution in [0.2, 0.25) is 0 Å². The average Bonchev–Trinajstić information content (AvgIpc) is 2.96. The number of carbonyl (C=O) groups is 1. The molecule has 0 saturated carbocycles. The van der Waals surface area contributed by atoms with E-state index in [1.807, 2.05) is 23.1 Å². The van der Waals surface area contributed by atoms with Gasteiger partial charge in [-0.2, -0.15) is 0 Å². The van der Waals surface area contributed by atoms with Crippen LogP contribution in [0, 0.1) is 5.82 Å². The highest BCUT2D eigenvalue weighted by Gasteiger charge is 2.34. The molecule has 2 heterocycles. The number of hydrogen-bond donors (Lipinski definition) is 0. The van der Waals surface area contributed by atoms with Crippen LogP contribution in [0.25, 0.3) is 11.0 Å². The van der Waals surface area contributed by atoms with Gasteiger partial charge >= 0.3 is 0 Å². The van der Waals surface area contributed by atoms with Gasteiger partial charge in [-0.05, 0) is 29.8 Å². The van der Waals surface area contributed by atoms with Gasteiger partial charge < -0.3 is 9.47 Å². The van der Waals surface area contributed by atoms with Crippen molar-refractivity contribution in [1.82, 2.24) is 14.5 Å². The molecule has 1 aliphatic heterocycles. The van der Waals surface area contributed by atoms with E-state index in [2.05, 4.69) is 24.5 Å². The van der Waals surface area contributed by atoms with Crippen molar-refractivity contribution >= 4 is 16.9 Å². The van der Waals surface area contributed by atoms with Crippen molar-refractivity contribution in [3.63, 3.8) is 0 Å². The fraction of sp³-hybridized carbons (Fsp3) is 0.333. The van der Waals surface area contributed by atoms with Crippen LogP contribution in [0.4, 0.5) is 4.39 Å². The van der Waals surface area contributed by atoms with Gasteiger partial charge in [0.15, 0.2) is 0 Å². The number of halogens is 1. The SMILES string of the molecule is CC(C)c1nc2ccccc2n1C1CN(C(=O)Cc2ccc(F)cc2)C1. The monoisotopic (exact) mass is 351 g/mol. The van der Waals surface area contributed by atoms with Crippen LogP contribution in [0.5, 0.6) is 0 Å². The van der Waals surface area contributed by atoms with Crippen LogP contribution in [-0.2, 0) is 11.2 Å². The topological polar surface area (TPSA) is 38.1 Å². The molecule has 1 aliphatic rings. The van der Waals surface area contributed by atoms with E-state index in [0.29, 0.717) is 25.4 Å². The van der Waals surface area contributed by atoms with E-state index in [1.54, 1.807) is 12.1 Å². The zero-order valence-corrected chi connectivity index (χ0v) is 15.0. The lowest BCUT2D eigenvalue weighted by atomic mass is 10.0. The van der Waals surface area contributed by atoms with Crippen molar-refractivity contribution in [1.29, 1.82) is 0 Å². The first kappa shape index (κ1) is 16.8. The largest absolute Gasteiger partial charge is 0.338 e. The molecule has 26 heavy (non-hydrogen) atoms. The lowest BCUT2D eigenvalue weighted by Gasteiger charge is -2.41. The van der Waals surface area contributed by atoms with E-state index in [-0.39, 0.29) is 17.8 Å². The summed E-state index contributed by atoms with van der Waals surface area (Å²) in [6, 6.07) is 14.6. The van der Waals surface area contributed by atoms with Crippen molar-refractivity contribution in [2.75, 3.05) is 13.1 Å². The number of nitrogens with zero attached hydrogens (tertiary/aromatic N) is 3. The molecule has 5 heteroatoms. The summed E-state index contributed by atoms with van der Waals surface area (Å²) in [7, 11) is 0. The highest BCUT2D eigenvalue weighted by Crippen LogP contribution is 2.31. The number of likely N-dealkylation sites (tertiary alicyclic amines) is 1. The number of carbonyl (C=O) groups excluding carboxylic acids is 1. The summed E-state index contributed by atoms with van der Waals surface area (Å²) >= 11 is 0. The number of rotatable bonds is 4. The Morgan fingerprint density at radius 2 is 1.85 bits per heavy atom. The number of para-hydroxylation sites is 2. The lowest BCUT2D eigenvalue weighted by molar-refractivity contribution is -0.136. The average molecular weight is 351 g/mol. The fourth-order valence-corrected chi connectivity index (χ4v) is 3.57. The molecule has 0 bridgehead atoms. The zero-order chi connectivity index (χ0) is 18.3. The second-order valence-electron chi connectivity index (χ2n) is 7.24. The van der Waals surface area contributed by atoms with Crippen LogP contribution < -0.4 is 0 Å². The maximum atomic E-state index is 13.0. The predicted molar refractivity (Wildman–Crippen MR) is 99.5 cm³/mol. The fourth-order valence-electron chi connectivity index (χ4n) is 3.57. The smallest absolute Gasteiger partial charge is 0.227 e. The molecule has 3 aromatic rings. The third-order valence-corrected chi connectivity index (χ3v) is 4.99. The molecular weight excluding hydrogens is 329 g/mol. The maximum absolute atomic E-state index is 13.0. The Labute approximate surface area is 152 Å². The van der Waals surface area contributed by atoms with Crippen LogP contribution in [-0.4, -0.2) is 33.4 Å². The molecule has 4 rings (SSSR count). The van der Waals surface area contributed by atoms with E-state index in [4.69, 9.17) is 4.98 Å². The van der Waals surface area contributed by atoms with Crippen LogP contribution in [0.3, 0.4) is 0 Å². The highest BCUT2D eigenvalue weighted by molar-refractivity contribution is 5.80. The lowest BCUT2D eigenvalue weighted by Crippen LogP contribution is -2.51. The Morgan fingerprint density at radius 1 is 1.15 bits per heavy atom. The number of fused-ring (bicyclic) bond motifs is 1. The molecule has 4 nitrogen and oxygen atoms in total. The highest BCUT2D eigenvalue weighted by atomic mass is 19.1. The summed E-state index contributed by atoms with van der Waals surface area (Å²) < 4.78 is 15.3. The second kappa shape index (κ2) is 6.56. The summed E-state index contributed by atoms with van der Waals surface area (Å²) in [5.74, 6) is 1.20. The first-order valence-corrected chi connectivity index (χ1v) is 9.02. The molecule has 2 aromatic carbocycles. The Morgan fingerprint density at radius 3 is 2.54 bits per heavy atom. The molecule has 0 spiro atoms. The van der Waals surface area contributed by atoms with Gasteiger partial charge in [-0.3, -0.25) is 4.79 Å². The van der Waals surface area contributed by atoms with Crippen molar-refractivity contribution in [3.8, 4) is 0 Å². The molecule has 1 aromatic heterocycles. The van der Waals surface area contributed by atoms with E-state index >= 15 is 0 Å². The van der Waals surface area contributed by atoms with Crippen LogP contribution in [0.1, 0.15) is 37.2 Å². The molecule has 0 radical (unpaired) electrons. The molecule has 1 saturated heterocycles. The van der Waals surface area contributed by atoms with Crippen molar-refractivity contribution < 1.29 is 9.18 Å². The molecule has 134 valence electrons. The van der Waals surface area contributed by atoms with Gasteiger partial charge in [0.05, 0.1) is 23.5 Å². The van der Waals surface area contributed by atoms with Gasteiger partial charge in [0.25, 0.3) is 0 Å². The minimum atomic E-state index is -0.279. The van der Waals surface area contributed by atoms with Crippen LogP contribution >= 0.6 is 0 Å². The van der Waals surface area contributed by atoms with Gasteiger partial charge in [0.1, 0.15) is 11.6 Å². The van der Waals surface area contributed by atoms with Gasteiger partial charge in [0, 0.05) is 19.0 Å². The molecule has 0 N–H and O–H groups in total. The van der Waals surface area contributed by atoms with Gasteiger partial charge in [0.2, 0.25) is 5.91 Å². The number of amides is 1. The first-order valence-electron chi connectivity index (χ1n) is 9.02. The minimum absolute atomic E-state index is 0.0865. The van der Waals surface area contributed by atoms with E-state index < -0.39 is 0 Å². The zero-order valence-electron chi connectivity index (χ0n) is 15.0. The Bertz CT molecular complexity index is 940. The molecule has 1 fully saturated rings. The number of aromatic nitrogens is 2. The van der Waals surface area contributed by atoms with Crippen molar-refractivity contribution in [3.05, 3.63) is 65.7 Å². The van der Waals surface area contributed by atoms with Gasteiger partial charge in [-0.15, -0.1) is 0 Å². The Kier molecular flexibility index (Phi) is 4.23. The molecule has 0 atom stereocenters. The minimum Gasteiger partial charge on any atom is -0.338 e. The first-order chi connectivity index (χ1) is 12.5. The third-order valence-electron chi connectivity index (χ3n) is 4.99. The summed E-state index contributed by atoms with van der Waals surface area (Å²) in [6.45, 7) is 5.68. The standard InChI is InChI=1S/C21H22FN3O/c1-14(2)21-23-18-5-3-4-6-19(18)25(21)17-12-24(13-17)20(26)11-15-7-9-16(22)10-8-15/h3-10,14,17H,11-13H2,1-2H3. The van der Waals surface area contributed by atoms with E-state index in [0.717, 1.165) is 22.4 Å².